The molecule has 1 atom stereocenters. The molecule has 0 spiro atoms. The predicted octanol–water partition coefficient (Wildman–Crippen LogP) is 2.56. The monoisotopic (exact) mass is 275 g/mol. The SMILES string of the molecule is Cc1nccc(N2CCCC[C@@H]2c2csc(N)n2)n1. The van der Waals surface area contributed by atoms with E-state index in [0.29, 0.717) is 5.13 Å². The first-order chi connectivity index (χ1) is 9.24. The second-order valence-electron chi connectivity index (χ2n) is 4.78. The van der Waals surface area contributed by atoms with Crippen molar-refractivity contribution in [1.82, 2.24) is 15.0 Å². The standard InChI is InChI=1S/C13H17N5S/c1-9-15-6-5-12(16-9)18-7-3-2-4-11(18)10-8-19-13(14)17-10/h5-6,8,11H,2-4,7H2,1H3,(H2,14,17)/t11-/m1/s1. The number of nitrogens with zero attached hydrogens (tertiary/aromatic N) is 4. The average molecular weight is 275 g/mol. The van der Waals surface area contributed by atoms with Crippen LogP contribution in [0.1, 0.15) is 36.8 Å². The molecule has 0 radical (unpaired) electrons. The molecular formula is C13H17N5S. The van der Waals surface area contributed by atoms with Gasteiger partial charge in [-0.25, -0.2) is 15.0 Å². The lowest BCUT2D eigenvalue weighted by Crippen LogP contribution is -2.34. The van der Waals surface area contributed by atoms with E-state index in [-0.39, 0.29) is 6.04 Å². The van der Waals surface area contributed by atoms with Crippen molar-refractivity contribution in [3.63, 3.8) is 0 Å². The Labute approximate surface area is 116 Å². The summed E-state index contributed by atoms with van der Waals surface area (Å²) in [6, 6.07) is 2.26. The zero-order valence-electron chi connectivity index (χ0n) is 10.9. The molecule has 100 valence electrons. The van der Waals surface area contributed by atoms with Crippen molar-refractivity contribution in [3.8, 4) is 0 Å². The molecule has 0 aromatic carbocycles. The minimum Gasteiger partial charge on any atom is -0.375 e. The molecule has 2 aromatic rings. The Morgan fingerprint density at radius 1 is 1.37 bits per heavy atom. The zero-order valence-corrected chi connectivity index (χ0v) is 11.7. The van der Waals surface area contributed by atoms with Gasteiger partial charge in [-0.05, 0) is 32.3 Å². The van der Waals surface area contributed by atoms with Crippen LogP contribution in [0, 0.1) is 6.92 Å². The molecule has 1 fully saturated rings. The van der Waals surface area contributed by atoms with Crippen molar-refractivity contribution in [2.24, 2.45) is 0 Å². The smallest absolute Gasteiger partial charge is 0.180 e. The van der Waals surface area contributed by atoms with Gasteiger partial charge in [-0.1, -0.05) is 0 Å². The molecule has 19 heavy (non-hydrogen) atoms. The second-order valence-corrected chi connectivity index (χ2v) is 5.67. The van der Waals surface area contributed by atoms with Crippen LogP contribution in [0.25, 0.3) is 0 Å². The van der Waals surface area contributed by atoms with Crippen molar-refractivity contribution < 1.29 is 0 Å². The lowest BCUT2D eigenvalue weighted by Gasteiger charge is -2.35. The van der Waals surface area contributed by atoms with Crippen LogP contribution in [0.3, 0.4) is 0 Å². The van der Waals surface area contributed by atoms with Gasteiger partial charge in [0.1, 0.15) is 11.6 Å². The summed E-state index contributed by atoms with van der Waals surface area (Å²) in [5.41, 5.74) is 6.82. The van der Waals surface area contributed by atoms with Crippen molar-refractivity contribution in [3.05, 3.63) is 29.2 Å². The number of piperidine rings is 1. The molecule has 3 heterocycles. The molecule has 3 rings (SSSR count). The normalized spacial score (nSPS) is 19.6. The van der Waals surface area contributed by atoms with Crippen LogP contribution in [0.15, 0.2) is 17.6 Å². The molecule has 5 nitrogen and oxygen atoms in total. The van der Waals surface area contributed by atoms with Gasteiger partial charge in [-0.3, -0.25) is 0 Å². The van der Waals surface area contributed by atoms with Gasteiger partial charge < -0.3 is 10.6 Å². The number of nitrogen functional groups attached to an aromatic ring is 1. The van der Waals surface area contributed by atoms with Gasteiger partial charge in [-0.15, -0.1) is 11.3 Å². The van der Waals surface area contributed by atoms with Crippen LogP contribution < -0.4 is 10.6 Å². The Morgan fingerprint density at radius 2 is 2.26 bits per heavy atom. The van der Waals surface area contributed by atoms with Crippen LogP contribution in [0.5, 0.6) is 0 Å². The maximum absolute atomic E-state index is 5.76. The van der Waals surface area contributed by atoms with E-state index in [9.17, 15) is 0 Å². The number of aryl methyl sites for hydroxylation is 1. The number of nitrogens with two attached hydrogens (primary N) is 1. The summed E-state index contributed by atoms with van der Waals surface area (Å²) in [7, 11) is 0. The second kappa shape index (κ2) is 5.13. The van der Waals surface area contributed by atoms with Crippen LogP contribution in [-0.4, -0.2) is 21.5 Å². The molecule has 2 aromatic heterocycles. The molecule has 0 unspecified atom stereocenters. The minimum atomic E-state index is 0.289. The van der Waals surface area contributed by atoms with Crippen molar-refractivity contribution >= 4 is 22.3 Å². The number of hydrogen-bond donors (Lipinski definition) is 1. The highest BCUT2D eigenvalue weighted by Crippen LogP contribution is 2.34. The molecule has 0 amide bonds. The molecule has 0 saturated carbocycles. The zero-order chi connectivity index (χ0) is 13.2. The van der Waals surface area contributed by atoms with E-state index < -0.39 is 0 Å². The highest BCUT2D eigenvalue weighted by molar-refractivity contribution is 7.13. The maximum atomic E-state index is 5.76. The first-order valence-electron chi connectivity index (χ1n) is 6.51. The Balaban J connectivity index is 1.93. The van der Waals surface area contributed by atoms with Crippen molar-refractivity contribution in [2.75, 3.05) is 17.2 Å². The van der Waals surface area contributed by atoms with Gasteiger partial charge in [-0.2, -0.15) is 0 Å². The van der Waals surface area contributed by atoms with E-state index in [2.05, 4.69) is 25.2 Å². The highest BCUT2D eigenvalue weighted by Gasteiger charge is 2.27. The largest absolute Gasteiger partial charge is 0.375 e. The Bertz CT molecular complexity index is 568. The van der Waals surface area contributed by atoms with Crippen molar-refractivity contribution in [2.45, 2.75) is 32.2 Å². The Hall–Kier alpha value is -1.69. The maximum Gasteiger partial charge on any atom is 0.180 e. The lowest BCUT2D eigenvalue weighted by molar-refractivity contribution is 0.463. The molecule has 6 heteroatoms. The minimum absolute atomic E-state index is 0.289. The average Bonchev–Trinajstić information content (AvgIpc) is 2.85. The fraction of sp³-hybridized carbons (Fsp3) is 0.462. The number of aromatic nitrogens is 3. The molecule has 1 aliphatic rings. The van der Waals surface area contributed by atoms with Gasteiger partial charge >= 0.3 is 0 Å². The molecule has 0 aliphatic carbocycles. The van der Waals surface area contributed by atoms with E-state index >= 15 is 0 Å². The van der Waals surface area contributed by atoms with Crippen LogP contribution in [-0.2, 0) is 0 Å². The lowest BCUT2D eigenvalue weighted by atomic mass is 10.00. The highest BCUT2D eigenvalue weighted by atomic mass is 32.1. The van der Waals surface area contributed by atoms with E-state index in [4.69, 9.17) is 5.73 Å². The molecule has 0 bridgehead atoms. The van der Waals surface area contributed by atoms with Crippen LogP contribution >= 0.6 is 11.3 Å². The molecule has 1 saturated heterocycles. The van der Waals surface area contributed by atoms with Crippen LogP contribution in [0.2, 0.25) is 0 Å². The van der Waals surface area contributed by atoms with Crippen molar-refractivity contribution in [1.29, 1.82) is 0 Å². The molecule has 2 N–H and O–H groups in total. The van der Waals surface area contributed by atoms with Crippen LogP contribution in [0.4, 0.5) is 10.9 Å². The summed E-state index contributed by atoms with van der Waals surface area (Å²) in [4.78, 5) is 15.5. The van der Waals surface area contributed by atoms with Gasteiger partial charge in [0.2, 0.25) is 0 Å². The van der Waals surface area contributed by atoms with E-state index in [1.54, 1.807) is 0 Å². The topological polar surface area (TPSA) is 67.9 Å². The fourth-order valence-electron chi connectivity index (χ4n) is 2.57. The number of thiazole rings is 1. The predicted molar refractivity (Wildman–Crippen MR) is 77.2 cm³/mol. The molecule has 1 aliphatic heterocycles. The summed E-state index contributed by atoms with van der Waals surface area (Å²) >= 11 is 1.51. The van der Waals surface area contributed by atoms with E-state index in [0.717, 1.165) is 30.3 Å². The first kappa shape index (κ1) is 12.3. The third-order valence-electron chi connectivity index (χ3n) is 3.44. The first-order valence-corrected chi connectivity index (χ1v) is 7.39. The Kier molecular flexibility index (Phi) is 3.33. The summed E-state index contributed by atoms with van der Waals surface area (Å²) in [6.07, 6.45) is 5.34. The molecular weight excluding hydrogens is 258 g/mol. The van der Waals surface area contributed by atoms with Gasteiger partial charge in [0.05, 0.1) is 11.7 Å². The van der Waals surface area contributed by atoms with Gasteiger partial charge in [0.25, 0.3) is 0 Å². The van der Waals surface area contributed by atoms with E-state index in [1.807, 2.05) is 19.2 Å². The third-order valence-corrected chi connectivity index (χ3v) is 4.13. The van der Waals surface area contributed by atoms with Gasteiger partial charge in [0, 0.05) is 18.1 Å². The number of rotatable bonds is 2. The fourth-order valence-corrected chi connectivity index (χ4v) is 3.18. The Morgan fingerprint density at radius 3 is 3.00 bits per heavy atom. The summed E-state index contributed by atoms with van der Waals surface area (Å²) < 4.78 is 0. The van der Waals surface area contributed by atoms with Gasteiger partial charge in [0.15, 0.2) is 5.13 Å². The summed E-state index contributed by atoms with van der Waals surface area (Å²) in [5, 5.41) is 2.70. The quantitative estimate of drug-likeness (QED) is 0.912. The number of hydrogen-bond acceptors (Lipinski definition) is 6. The summed E-state index contributed by atoms with van der Waals surface area (Å²) in [6.45, 7) is 2.93. The summed E-state index contributed by atoms with van der Waals surface area (Å²) in [5.74, 6) is 1.79. The van der Waals surface area contributed by atoms with E-state index in [1.165, 1.54) is 24.2 Å². The third kappa shape index (κ3) is 2.53. The number of anilines is 2.